The Balaban J connectivity index is 1.69. The molecule has 1 aliphatic heterocycles. The van der Waals surface area contributed by atoms with Crippen LogP contribution in [-0.4, -0.2) is 49.3 Å². The van der Waals surface area contributed by atoms with Gasteiger partial charge in [-0.05, 0) is 67.6 Å². The van der Waals surface area contributed by atoms with Crippen molar-refractivity contribution in [3.8, 4) is 16.9 Å². The van der Waals surface area contributed by atoms with Crippen LogP contribution in [0, 0.1) is 0 Å². The lowest BCUT2D eigenvalue weighted by Gasteiger charge is -2.26. The molecule has 0 spiro atoms. The number of nitrogens with zero attached hydrogens (tertiary/aromatic N) is 1. The largest absolute Gasteiger partial charge is 0.492 e. The molecule has 1 atom stereocenters. The first-order valence-electron chi connectivity index (χ1n) is 10.6. The van der Waals surface area contributed by atoms with Crippen LogP contribution in [0.1, 0.15) is 31.7 Å². The number of thioether (sulfide) groups is 1. The van der Waals surface area contributed by atoms with Gasteiger partial charge in [-0.1, -0.05) is 48.7 Å². The molecule has 1 saturated heterocycles. The molecule has 0 bridgehead atoms. The zero-order valence-corrected chi connectivity index (χ0v) is 20.2. The molecular formula is C24H31Cl2NO2S. The monoisotopic (exact) mass is 467 g/mol. The van der Waals surface area contributed by atoms with Crippen molar-refractivity contribution in [3.05, 3.63) is 52.0 Å². The minimum atomic E-state index is 0.438. The lowest BCUT2D eigenvalue weighted by atomic mass is 10.0. The molecule has 0 aromatic heterocycles. The van der Waals surface area contributed by atoms with Crippen molar-refractivity contribution in [1.82, 2.24) is 4.90 Å². The Morgan fingerprint density at radius 2 is 1.73 bits per heavy atom. The van der Waals surface area contributed by atoms with Crippen molar-refractivity contribution in [2.75, 3.05) is 39.1 Å². The molecule has 0 radical (unpaired) electrons. The molecule has 6 heteroatoms. The second kappa shape index (κ2) is 12.2. The van der Waals surface area contributed by atoms with E-state index in [1.807, 2.05) is 24.3 Å². The molecule has 164 valence electrons. The van der Waals surface area contributed by atoms with Crippen LogP contribution in [-0.2, 0) is 11.3 Å². The van der Waals surface area contributed by atoms with Crippen LogP contribution >= 0.6 is 35.0 Å². The van der Waals surface area contributed by atoms with E-state index in [0.717, 1.165) is 35.6 Å². The second-order valence-electron chi connectivity index (χ2n) is 7.76. The number of benzene rings is 2. The predicted molar refractivity (Wildman–Crippen MR) is 130 cm³/mol. The maximum absolute atomic E-state index is 6.22. The van der Waals surface area contributed by atoms with E-state index in [9.17, 15) is 0 Å². The molecule has 2 aromatic rings. The smallest absolute Gasteiger partial charge is 0.124 e. The van der Waals surface area contributed by atoms with Crippen LogP contribution in [0.15, 0.2) is 36.4 Å². The molecule has 3 rings (SSSR count). The van der Waals surface area contributed by atoms with Crippen molar-refractivity contribution in [2.45, 2.75) is 38.0 Å². The van der Waals surface area contributed by atoms with E-state index in [0.29, 0.717) is 28.5 Å². The van der Waals surface area contributed by atoms with Gasteiger partial charge >= 0.3 is 0 Å². The Bertz CT molecular complexity index is 812. The van der Waals surface area contributed by atoms with E-state index in [1.165, 1.54) is 32.4 Å². The Labute approximate surface area is 195 Å². The molecule has 1 aliphatic rings. The average molecular weight is 468 g/mol. The van der Waals surface area contributed by atoms with E-state index in [2.05, 4.69) is 30.2 Å². The molecule has 1 fully saturated rings. The SMILES string of the molecule is CSC(C)COc1ccc(-c2ccc(Cl)c(Cl)c2)cc1COCCN1CCCCC1. The van der Waals surface area contributed by atoms with Crippen LogP contribution < -0.4 is 4.74 Å². The van der Waals surface area contributed by atoms with Crippen molar-refractivity contribution >= 4 is 35.0 Å². The minimum absolute atomic E-state index is 0.438. The summed E-state index contributed by atoms with van der Waals surface area (Å²) in [6, 6.07) is 12.0. The minimum Gasteiger partial charge on any atom is -0.492 e. The van der Waals surface area contributed by atoms with Crippen molar-refractivity contribution < 1.29 is 9.47 Å². The third-order valence-corrected chi connectivity index (χ3v) is 7.13. The fraction of sp³-hybridized carbons (Fsp3) is 0.500. The number of rotatable bonds is 10. The average Bonchev–Trinajstić information content (AvgIpc) is 2.78. The number of hydrogen-bond donors (Lipinski definition) is 0. The summed E-state index contributed by atoms with van der Waals surface area (Å²) in [5, 5.41) is 1.56. The zero-order chi connectivity index (χ0) is 21.3. The predicted octanol–water partition coefficient (Wildman–Crippen LogP) is 6.79. The first-order chi connectivity index (χ1) is 14.6. The second-order valence-corrected chi connectivity index (χ2v) is 9.85. The van der Waals surface area contributed by atoms with Gasteiger partial charge in [-0.25, -0.2) is 0 Å². The molecule has 3 nitrogen and oxygen atoms in total. The van der Waals surface area contributed by atoms with E-state index in [4.69, 9.17) is 32.7 Å². The van der Waals surface area contributed by atoms with Gasteiger partial charge in [0.1, 0.15) is 5.75 Å². The maximum atomic E-state index is 6.22. The number of piperidine rings is 1. The van der Waals surface area contributed by atoms with Gasteiger partial charge in [0, 0.05) is 17.4 Å². The third-order valence-electron chi connectivity index (χ3n) is 5.45. The van der Waals surface area contributed by atoms with E-state index in [-0.39, 0.29) is 0 Å². The van der Waals surface area contributed by atoms with Gasteiger partial charge in [0.15, 0.2) is 0 Å². The highest BCUT2D eigenvalue weighted by atomic mass is 35.5. The molecule has 0 saturated carbocycles. The molecule has 0 aliphatic carbocycles. The highest BCUT2D eigenvalue weighted by Crippen LogP contribution is 2.32. The van der Waals surface area contributed by atoms with Gasteiger partial charge in [-0.15, -0.1) is 0 Å². The van der Waals surface area contributed by atoms with Crippen LogP contribution in [0.2, 0.25) is 10.0 Å². The summed E-state index contributed by atoms with van der Waals surface area (Å²) in [5.74, 6) is 0.887. The zero-order valence-electron chi connectivity index (χ0n) is 17.8. The summed E-state index contributed by atoms with van der Waals surface area (Å²) in [5.41, 5.74) is 3.17. The van der Waals surface area contributed by atoms with Gasteiger partial charge < -0.3 is 14.4 Å². The Kier molecular flexibility index (Phi) is 9.66. The van der Waals surface area contributed by atoms with Gasteiger partial charge in [0.2, 0.25) is 0 Å². The molecule has 0 amide bonds. The van der Waals surface area contributed by atoms with Crippen LogP contribution in [0.4, 0.5) is 0 Å². The third kappa shape index (κ3) is 7.06. The maximum Gasteiger partial charge on any atom is 0.124 e. The summed E-state index contributed by atoms with van der Waals surface area (Å²) in [6.45, 7) is 7.49. The molecular weight excluding hydrogens is 437 g/mol. The topological polar surface area (TPSA) is 21.7 Å². The van der Waals surface area contributed by atoms with E-state index in [1.54, 1.807) is 11.8 Å². The normalized spacial score (nSPS) is 15.9. The molecule has 1 unspecified atom stereocenters. The highest BCUT2D eigenvalue weighted by Gasteiger charge is 2.12. The van der Waals surface area contributed by atoms with E-state index < -0.39 is 0 Å². The van der Waals surface area contributed by atoms with Crippen LogP contribution in [0.25, 0.3) is 11.1 Å². The van der Waals surface area contributed by atoms with Crippen molar-refractivity contribution in [3.63, 3.8) is 0 Å². The number of hydrogen-bond acceptors (Lipinski definition) is 4. The van der Waals surface area contributed by atoms with E-state index >= 15 is 0 Å². The molecule has 2 aromatic carbocycles. The first-order valence-corrected chi connectivity index (χ1v) is 12.6. The lowest BCUT2D eigenvalue weighted by molar-refractivity contribution is 0.0848. The van der Waals surface area contributed by atoms with Crippen molar-refractivity contribution in [1.29, 1.82) is 0 Å². The molecule has 1 heterocycles. The Morgan fingerprint density at radius 1 is 1.00 bits per heavy atom. The highest BCUT2D eigenvalue weighted by molar-refractivity contribution is 7.99. The van der Waals surface area contributed by atoms with Gasteiger partial charge in [0.05, 0.1) is 29.9 Å². The molecule has 0 N–H and O–H groups in total. The summed E-state index contributed by atoms with van der Waals surface area (Å²) < 4.78 is 12.2. The van der Waals surface area contributed by atoms with Crippen LogP contribution in [0.3, 0.4) is 0 Å². The van der Waals surface area contributed by atoms with Crippen LogP contribution in [0.5, 0.6) is 5.75 Å². The fourth-order valence-electron chi connectivity index (χ4n) is 3.52. The number of ether oxygens (including phenoxy) is 2. The number of likely N-dealkylation sites (tertiary alicyclic amines) is 1. The fourth-order valence-corrected chi connectivity index (χ4v) is 4.02. The Hall–Kier alpha value is -0.910. The number of halogens is 2. The standard InChI is InChI=1S/C24H31Cl2NO2S/c1-18(30-2)16-29-24-9-7-19(20-6-8-22(25)23(26)15-20)14-21(24)17-28-13-12-27-10-4-3-5-11-27/h6-9,14-15,18H,3-5,10-13,16-17H2,1-2H3. The Morgan fingerprint density at radius 3 is 2.47 bits per heavy atom. The quantitative estimate of drug-likeness (QED) is 0.358. The summed E-state index contributed by atoms with van der Waals surface area (Å²) >= 11 is 14.1. The lowest BCUT2D eigenvalue weighted by Crippen LogP contribution is -2.32. The van der Waals surface area contributed by atoms with Crippen molar-refractivity contribution in [2.24, 2.45) is 0 Å². The first kappa shape index (κ1) is 23.7. The molecule has 30 heavy (non-hydrogen) atoms. The summed E-state index contributed by atoms with van der Waals surface area (Å²) in [4.78, 5) is 2.49. The van der Waals surface area contributed by atoms with Gasteiger partial charge in [0.25, 0.3) is 0 Å². The summed E-state index contributed by atoms with van der Waals surface area (Å²) in [6.07, 6.45) is 6.06. The van der Waals surface area contributed by atoms with Gasteiger partial charge in [-0.3, -0.25) is 0 Å². The van der Waals surface area contributed by atoms with Gasteiger partial charge in [-0.2, -0.15) is 11.8 Å². The summed E-state index contributed by atoms with van der Waals surface area (Å²) in [7, 11) is 0.